The van der Waals surface area contributed by atoms with E-state index in [-0.39, 0.29) is 0 Å². The van der Waals surface area contributed by atoms with Crippen LogP contribution in [0.5, 0.6) is 0 Å². The molecule has 0 bridgehead atoms. The zero-order valence-electron chi connectivity index (χ0n) is 11.5. The van der Waals surface area contributed by atoms with Crippen molar-refractivity contribution in [2.45, 2.75) is 0 Å². The quantitative estimate of drug-likeness (QED) is 0.502. The Labute approximate surface area is 144 Å². The van der Waals surface area contributed by atoms with E-state index in [9.17, 15) is 0 Å². The van der Waals surface area contributed by atoms with Gasteiger partial charge in [-0.3, -0.25) is 0 Å². The lowest BCUT2D eigenvalue weighted by Crippen LogP contribution is -1.92. The summed E-state index contributed by atoms with van der Waals surface area (Å²) >= 11 is 16.7. The third-order valence-electron chi connectivity index (χ3n) is 3.21. The molecule has 0 aliphatic heterocycles. The second kappa shape index (κ2) is 6.47. The summed E-state index contributed by atoms with van der Waals surface area (Å²) in [6, 6.07) is 22.2. The zero-order valence-corrected chi connectivity index (χ0v) is 14.7. The predicted octanol–water partition coefficient (Wildman–Crippen LogP) is 6.70. The van der Waals surface area contributed by atoms with Gasteiger partial charge in [-0.2, -0.15) is 0 Å². The Morgan fingerprint density at radius 1 is 0.773 bits per heavy atom. The number of fused-ring (bicyclic) bond motifs is 1. The van der Waals surface area contributed by atoms with E-state index in [0.29, 0.717) is 0 Å². The second-order valence-corrected chi connectivity index (χ2v) is 12.4. The molecule has 0 aliphatic carbocycles. The van der Waals surface area contributed by atoms with Crippen molar-refractivity contribution in [3.05, 3.63) is 66.7 Å². The van der Waals surface area contributed by atoms with E-state index >= 15 is 0 Å². The predicted molar refractivity (Wildman–Crippen MR) is 103 cm³/mol. The minimum Gasteiger partial charge on any atom is -0.355 e. The number of halogens is 2. The minimum atomic E-state index is -2.49. The van der Waals surface area contributed by atoms with E-state index in [1.54, 1.807) is 0 Å². The van der Waals surface area contributed by atoms with Gasteiger partial charge in [0.15, 0.2) is 0 Å². The molecule has 112 valence electrons. The Kier molecular flexibility index (Phi) is 4.60. The molecule has 0 saturated heterocycles. The number of nitrogens with one attached hydrogen (secondary N) is 2. The Balaban J connectivity index is 1.85. The number of hydrogen-bond donors (Lipinski definition) is 2. The number of rotatable bonds is 4. The summed E-state index contributed by atoms with van der Waals surface area (Å²) < 4.78 is 0. The van der Waals surface area contributed by atoms with E-state index < -0.39 is 4.89 Å². The first kappa shape index (κ1) is 15.6. The number of benzene rings is 3. The van der Waals surface area contributed by atoms with E-state index in [4.69, 9.17) is 34.3 Å². The first-order valence-corrected chi connectivity index (χ1v) is 11.2. The fourth-order valence-corrected chi connectivity index (χ4v) is 3.62. The van der Waals surface area contributed by atoms with Gasteiger partial charge >= 0.3 is 0 Å². The van der Waals surface area contributed by atoms with Crippen LogP contribution in [-0.2, 0) is 11.8 Å². The van der Waals surface area contributed by atoms with Crippen LogP contribution in [0.3, 0.4) is 0 Å². The van der Waals surface area contributed by atoms with Crippen LogP contribution in [0.4, 0.5) is 17.1 Å². The standard InChI is InChI=1S/C16H13Cl2N2PS/c17-21(18,22)20-14-10-8-13(9-11-14)19-16-7-3-5-12-4-1-2-6-15(12)16/h1-11,19H,(H,20,22). The van der Waals surface area contributed by atoms with Crippen LogP contribution in [0.1, 0.15) is 0 Å². The van der Waals surface area contributed by atoms with Crippen molar-refractivity contribution < 1.29 is 0 Å². The van der Waals surface area contributed by atoms with Crippen LogP contribution in [0.15, 0.2) is 66.7 Å². The molecule has 0 fully saturated rings. The van der Waals surface area contributed by atoms with Gasteiger partial charge < -0.3 is 10.4 Å². The van der Waals surface area contributed by atoms with E-state index in [1.165, 1.54) is 10.8 Å². The highest BCUT2D eigenvalue weighted by molar-refractivity contribution is 8.39. The summed E-state index contributed by atoms with van der Waals surface area (Å²) in [6.45, 7) is 0. The Morgan fingerprint density at radius 2 is 1.41 bits per heavy atom. The molecule has 3 rings (SSSR count). The highest BCUT2D eigenvalue weighted by Crippen LogP contribution is 2.56. The maximum absolute atomic E-state index is 5.87. The summed E-state index contributed by atoms with van der Waals surface area (Å²) in [4.78, 5) is -2.49. The molecular formula is C16H13Cl2N2PS. The lowest BCUT2D eigenvalue weighted by Gasteiger charge is -2.12. The Morgan fingerprint density at radius 3 is 2.14 bits per heavy atom. The third-order valence-corrected chi connectivity index (χ3v) is 4.51. The Hall–Kier alpha value is -1.25. The number of hydrogen-bond acceptors (Lipinski definition) is 2. The first-order valence-electron chi connectivity index (χ1n) is 6.64. The van der Waals surface area contributed by atoms with Crippen LogP contribution in [0.2, 0.25) is 0 Å². The summed E-state index contributed by atoms with van der Waals surface area (Å²) in [7, 11) is 0. The first-order chi connectivity index (χ1) is 10.5. The molecule has 2 nitrogen and oxygen atoms in total. The lowest BCUT2D eigenvalue weighted by molar-refractivity contribution is 1.57. The summed E-state index contributed by atoms with van der Waals surface area (Å²) in [5.41, 5.74) is 2.87. The average Bonchev–Trinajstić information content (AvgIpc) is 2.48. The van der Waals surface area contributed by atoms with Crippen molar-refractivity contribution in [3.63, 3.8) is 0 Å². The van der Waals surface area contributed by atoms with Gasteiger partial charge in [0.25, 0.3) is 0 Å². The van der Waals surface area contributed by atoms with Gasteiger partial charge in [0.05, 0.1) is 0 Å². The summed E-state index contributed by atoms with van der Waals surface area (Å²) in [5.74, 6) is 0. The van der Waals surface area contributed by atoms with Crippen LogP contribution < -0.4 is 10.4 Å². The third kappa shape index (κ3) is 3.93. The molecule has 0 amide bonds. The maximum Gasteiger partial charge on any atom is 0.204 e. The van der Waals surface area contributed by atoms with Crippen molar-refractivity contribution in [2.75, 3.05) is 10.4 Å². The largest absolute Gasteiger partial charge is 0.355 e. The fraction of sp³-hybridized carbons (Fsp3) is 0. The van der Waals surface area contributed by atoms with Crippen LogP contribution in [-0.4, -0.2) is 0 Å². The van der Waals surface area contributed by atoms with Gasteiger partial charge in [-0.25, -0.2) is 0 Å². The van der Waals surface area contributed by atoms with Gasteiger partial charge in [-0.05, 0) is 70.0 Å². The van der Waals surface area contributed by atoms with Gasteiger partial charge in [0.2, 0.25) is 4.89 Å². The Bertz CT molecular complexity index is 841. The van der Waals surface area contributed by atoms with Gasteiger partial charge in [0.1, 0.15) is 0 Å². The van der Waals surface area contributed by atoms with Crippen molar-refractivity contribution in [1.29, 1.82) is 0 Å². The van der Waals surface area contributed by atoms with Crippen LogP contribution >= 0.6 is 27.4 Å². The van der Waals surface area contributed by atoms with E-state index in [1.807, 2.05) is 42.5 Å². The monoisotopic (exact) mass is 366 g/mol. The highest BCUT2D eigenvalue weighted by Gasteiger charge is 2.07. The molecule has 0 aliphatic rings. The molecule has 3 aromatic carbocycles. The lowest BCUT2D eigenvalue weighted by atomic mass is 10.1. The summed E-state index contributed by atoms with van der Waals surface area (Å²) in [6.07, 6.45) is 0. The van der Waals surface area contributed by atoms with Crippen molar-refractivity contribution >= 4 is 67.0 Å². The molecule has 0 radical (unpaired) electrons. The number of anilines is 3. The van der Waals surface area contributed by atoms with Crippen molar-refractivity contribution in [2.24, 2.45) is 0 Å². The van der Waals surface area contributed by atoms with Gasteiger partial charge in [0, 0.05) is 22.4 Å². The van der Waals surface area contributed by atoms with Crippen LogP contribution in [0, 0.1) is 0 Å². The summed E-state index contributed by atoms with van der Waals surface area (Å²) in [5, 5.41) is 8.75. The molecule has 6 heteroatoms. The second-order valence-electron chi connectivity index (χ2n) is 4.80. The van der Waals surface area contributed by atoms with Gasteiger partial charge in [-0.1, -0.05) is 36.4 Å². The van der Waals surface area contributed by atoms with Crippen LogP contribution in [0.25, 0.3) is 10.8 Å². The zero-order chi connectivity index (χ0) is 15.6. The molecule has 3 aromatic rings. The van der Waals surface area contributed by atoms with E-state index in [0.717, 1.165) is 17.1 Å². The minimum absolute atomic E-state index is 0.816. The highest BCUT2D eigenvalue weighted by atomic mass is 35.9. The molecule has 0 aromatic heterocycles. The molecule has 22 heavy (non-hydrogen) atoms. The molecule has 0 atom stereocenters. The van der Waals surface area contributed by atoms with Gasteiger partial charge in [-0.15, -0.1) is 0 Å². The molecule has 0 spiro atoms. The molecule has 0 unspecified atom stereocenters. The molecule has 2 N–H and O–H groups in total. The smallest absolute Gasteiger partial charge is 0.204 e. The van der Waals surface area contributed by atoms with Crippen molar-refractivity contribution in [1.82, 2.24) is 0 Å². The SMILES string of the molecule is S=P(Cl)(Cl)Nc1ccc(Nc2cccc3ccccc23)cc1. The topological polar surface area (TPSA) is 24.1 Å². The molecular weight excluding hydrogens is 354 g/mol. The fourth-order valence-electron chi connectivity index (χ4n) is 2.27. The maximum atomic E-state index is 5.87. The molecule has 0 heterocycles. The van der Waals surface area contributed by atoms with E-state index in [2.05, 4.69) is 34.7 Å². The normalized spacial score (nSPS) is 11.4. The molecule has 0 saturated carbocycles. The average molecular weight is 367 g/mol. The van der Waals surface area contributed by atoms with Crippen molar-refractivity contribution in [3.8, 4) is 0 Å².